The van der Waals surface area contributed by atoms with Gasteiger partial charge in [0, 0.05) is 27.6 Å². The van der Waals surface area contributed by atoms with Gasteiger partial charge in [-0.15, -0.1) is 0 Å². The highest BCUT2D eigenvalue weighted by Gasteiger charge is 2.26. The molecule has 2 nitrogen and oxygen atoms in total. The Balaban J connectivity index is 1.23. The molecule has 0 N–H and O–H groups in total. The minimum absolute atomic E-state index is 1.10. The van der Waals surface area contributed by atoms with Gasteiger partial charge >= 0.3 is 0 Å². The van der Waals surface area contributed by atoms with Crippen molar-refractivity contribution in [3.8, 4) is 61.3 Å². The fraction of sp³-hybridized carbons (Fsp3) is 0. The van der Waals surface area contributed by atoms with E-state index in [1.165, 1.54) is 49.7 Å². The molecule has 2 heteroatoms. The Morgan fingerprint density at radius 2 is 0.726 bits per heavy atom. The first-order valence-electron chi connectivity index (χ1n) is 21.3. The van der Waals surface area contributed by atoms with Crippen LogP contribution in [0.3, 0.4) is 0 Å². The van der Waals surface area contributed by atoms with Crippen LogP contribution in [0.2, 0.25) is 0 Å². The number of anilines is 3. The van der Waals surface area contributed by atoms with E-state index in [4.69, 9.17) is 0 Å². The summed E-state index contributed by atoms with van der Waals surface area (Å²) < 4.78 is 2.45. The molecule has 0 radical (unpaired) electrons. The molecule has 0 atom stereocenters. The van der Waals surface area contributed by atoms with Gasteiger partial charge in [0.2, 0.25) is 0 Å². The van der Waals surface area contributed by atoms with Crippen LogP contribution < -0.4 is 4.90 Å². The quantitative estimate of drug-likeness (QED) is 0.141. The number of rotatable bonds is 9. The predicted molar refractivity (Wildman–Crippen MR) is 263 cm³/mol. The lowest BCUT2D eigenvalue weighted by molar-refractivity contribution is 1.18. The average molecular weight is 791 g/mol. The maximum Gasteiger partial charge on any atom is 0.0562 e. The second-order valence-corrected chi connectivity index (χ2v) is 15.6. The van der Waals surface area contributed by atoms with E-state index in [2.05, 4.69) is 264 Å². The third-order valence-electron chi connectivity index (χ3n) is 12.0. The maximum atomic E-state index is 2.52. The number of nitrogens with zero attached hydrogens (tertiary/aromatic N) is 2. The monoisotopic (exact) mass is 790 g/mol. The highest BCUT2D eigenvalue weighted by Crippen LogP contribution is 2.51. The molecule has 0 saturated heterocycles. The minimum atomic E-state index is 1.10. The first kappa shape index (κ1) is 36.8. The molecule has 0 fully saturated rings. The van der Waals surface area contributed by atoms with Crippen LogP contribution in [-0.4, -0.2) is 4.57 Å². The van der Waals surface area contributed by atoms with Crippen LogP contribution in [0.1, 0.15) is 0 Å². The first-order chi connectivity index (χ1) is 30.8. The normalized spacial score (nSPS) is 11.2. The third kappa shape index (κ3) is 6.56. The SMILES string of the molecule is c1ccc(-c2ccc(-n3c4ccccc4c4c(N(c5ccccc5-c5ccccc5)c5cccc(-c6ccccc6)c5-c5ccccc5)cccc43)cc2-c2ccccc2)cc1. The lowest BCUT2D eigenvalue weighted by atomic mass is 9.91. The highest BCUT2D eigenvalue weighted by atomic mass is 15.2. The van der Waals surface area contributed by atoms with Crippen molar-refractivity contribution >= 4 is 38.9 Å². The molecular weight excluding hydrogens is 749 g/mol. The smallest absolute Gasteiger partial charge is 0.0562 e. The fourth-order valence-electron chi connectivity index (χ4n) is 9.27. The molecule has 11 rings (SSSR count). The van der Waals surface area contributed by atoms with Crippen molar-refractivity contribution in [1.29, 1.82) is 0 Å². The van der Waals surface area contributed by atoms with Crippen LogP contribution in [-0.2, 0) is 0 Å². The molecule has 0 bridgehead atoms. The zero-order chi connectivity index (χ0) is 41.2. The number of aromatic nitrogens is 1. The van der Waals surface area contributed by atoms with Crippen LogP contribution in [0.15, 0.2) is 255 Å². The Hall–Kier alpha value is -8.20. The number of hydrogen-bond donors (Lipinski definition) is 0. The molecule has 292 valence electrons. The Labute approximate surface area is 362 Å². The van der Waals surface area contributed by atoms with Gasteiger partial charge in [0.25, 0.3) is 0 Å². The van der Waals surface area contributed by atoms with E-state index in [0.717, 1.165) is 50.5 Å². The van der Waals surface area contributed by atoms with E-state index >= 15 is 0 Å². The molecule has 0 aliphatic heterocycles. The van der Waals surface area contributed by atoms with Crippen LogP contribution in [0.25, 0.3) is 83.1 Å². The molecule has 0 spiro atoms. The highest BCUT2D eigenvalue weighted by molar-refractivity contribution is 6.17. The maximum absolute atomic E-state index is 2.52. The van der Waals surface area contributed by atoms with Gasteiger partial charge in [-0.05, 0) is 87.0 Å². The van der Waals surface area contributed by atoms with Crippen LogP contribution in [0, 0.1) is 0 Å². The van der Waals surface area contributed by atoms with Crippen LogP contribution >= 0.6 is 0 Å². The van der Waals surface area contributed by atoms with E-state index < -0.39 is 0 Å². The Morgan fingerprint density at radius 1 is 0.274 bits per heavy atom. The molecule has 0 saturated carbocycles. The Bertz CT molecular complexity index is 3320. The number of benzene rings is 10. The molecule has 11 aromatic rings. The van der Waals surface area contributed by atoms with Crippen molar-refractivity contribution in [1.82, 2.24) is 4.57 Å². The average Bonchev–Trinajstić information content (AvgIpc) is 3.70. The second kappa shape index (κ2) is 16.1. The van der Waals surface area contributed by atoms with Gasteiger partial charge in [-0.25, -0.2) is 0 Å². The van der Waals surface area contributed by atoms with Crippen molar-refractivity contribution < 1.29 is 0 Å². The molecule has 0 unspecified atom stereocenters. The van der Waals surface area contributed by atoms with E-state index in [0.29, 0.717) is 0 Å². The summed E-state index contributed by atoms with van der Waals surface area (Å²) in [6.07, 6.45) is 0. The minimum Gasteiger partial charge on any atom is -0.309 e. The predicted octanol–water partition coefficient (Wildman–Crippen LogP) is 16.6. The largest absolute Gasteiger partial charge is 0.309 e. The summed E-state index contributed by atoms with van der Waals surface area (Å²) in [5, 5.41) is 2.37. The topological polar surface area (TPSA) is 8.17 Å². The van der Waals surface area contributed by atoms with Crippen LogP contribution in [0.4, 0.5) is 17.1 Å². The molecule has 10 aromatic carbocycles. The first-order valence-corrected chi connectivity index (χ1v) is 21.3. The Kier molecular flexibility index (Phi) is 9.57. The van der Waals surface area contributed by atoms with Crippen molar-refractivity contribution in [2.45, 2.75) is 0 Å². The molecule has 0 amide bonds. The zero-order valence-corrected chi connectivity index (χ0v) is 34.1. The van der Waals surface area contributed by atoms with Gasteiger partial charge in [0.15, 0.2) is 0 Å². The summed E-state index contributed by atoms with van der Waals surface area (Å²) in [5.41, 5.74) is 18.5. The van der Waals surface area contributed by atoms with Gasteiger partial charge in [-0.2, -0.15) is 0 Å². The van der Waals surface area contributed by atoms with Gasteiger partial charge in [-0.3, -0.25) is 0 Å². The van der Waals surface area contributed by atoms with E-state index in [-0.39, 0.29) is 0 Å². The lowest BCUT2D eigenvalue weighted by Gasteiger charge is -2.31. The van der Waals surface area contributed by atoms with E-state index in [1.807, 2.05) is 0 Å². The summed E-state index contributed by atoms with van der Waals surface area (Å²) in [6.45, 7) is 0. The van der Waals surface area contributed by atoms with Crippen molar-refractivity contribution in [3.63, 3.8) is 0 Å². The molecule has 1 aromatic heterocycles. The van der Waals surface area contributed by atoms with Gasteiger partial charge in [0.05, 0.1) is 28.1 Å². The summed E-state index contributed by atoms with van der Waals surface area (Å²) in [6, 6.07) is 92.2. The standard InChI is InChI=1S/C60H42N2/c1-6-22-43(23-7-1)49-41-40-48(42-53(49)46-28-12-4-13-29-46)61-55-36-19-17-33-52(55)60-57(61)38-21-39-58(60)62(54-35-18-16-32-50(54)44-24-8-2-9-25-44)56-37-20-34-51(45-26-10-3-11-27-45)59(56)47-30-14-5-15-31-47/h1-42H. The Morgan fingerprint density at radius 3 is 1.39 bits per heavy atom. The summed E-state index contributed by atoms with van der Waals surface area (Å²) >= 11 is 0. The van der Waals surface area contributed by atoms with Crippen molar-refractivity contribution in [2.75, 3.05) is 4.90 Å². The van der Waals surface area contributed by atoms with Crippen molar-refractivity contribution in [3.05, 3.63) is 255 Å². The van der Waals surface area contributed by atoms with Crippen LogP contribution in [0.5, 0.6) is 0 Å². The van der Waals surface area contributed by atoms with Crippen molar-refractivity contribution in [2.24, 2.45) is 0 Å². The number of hydrogen-bond acceptors (Lipinski definition) is 1. The van der Waals surface area contributed by atoms with Gasteiger partial charge in [0.1, 0.15) is 0 Å². The second-order valence-electron chi connectivity index (χ2n) is 15.6. The fourth-order valence-corrected chi connectivity index (χ4v) is 9.27. The van der Waals surface area contributed by atoms with Gasteiger partial charge in [-0.1, -0.05) is 212 Å². The molecule has 0 aliphatic rings. The lowest BCUT2D eigenvalue weighted by Crippen LogP contribution is -2.13. The summed E-state index contributed by atoms with van der Waals surface area (Å²) in [7, 11) is 0. The zero-order valence-electron chi connectivity index (χ0n) is 34.1. The summed E-state index contributed by atoms with van der Waals surface area (Å²) in [4.78, 5) is 2.52. The van der Waals surface area contributed by atoms with E-state index in [9.17, 15) is 0 Å². The summed E-state index contributed by atoms with van der Waals surface area (Å²) in [5.74, 6) is 0. The molecule has 62 heavy (non-hydrogen) atoms. The number of para-hydroxylation sites is 2. The third-order valence-corrected chi connectivity index (χ3v) is 12.0. The molecule has 1 heterocycles. The molecule has 0 aliphatic carbocycles. The van der Waals surface area contributed by atoms with Gasteiger partial charge < -0.3 is 9.47 Å². The molecular formula is C60H42N2. The van der Waals surface area contributed by atoms with E-state index in [1.54, 1.807) is 0 Å². The number of fused-ring (bicyclic) bond motifs is 3.